The Morgan fingerprint density at radius 2 is 2.35 bits per heavy atom. The standard InChI is InChI=1S/C13H24N2O2/c1-11-10-17-9-8-15(11)13(16)6-5-12-4-2-3-7-14-12/h11-12,14H,2-10H2,1H3. The molecule has 0 aromatic heterocycles. The summed E-state index contributed by atoms with van der Waals surface area (Å²) in [4.78, 5) is 14.1. The van der Waals surface area contributed by atoms with Crippen molar-refractivity contribution in [2.24, 2.45) is 0 Å². The Labute approximate surface area is 104 Å². The van der Waals surface area contributed by atoms with Crippen molar-refractivity contribution < 1.29 is 9.53 Å². The van der Waals surface area contributed by atoms with Crippen LogP contribution in [0.25, 0.3) is 0 Å². The van der Waals surface area contributed by atoms with Gasteiger partial charge in [0.25, 0.3) is 0 Å². The smallest absolute Gasteiger partial charge is 0.223 e. The first-order valence-corrected chi connectivity index (χ1v) is 6.88. The molecule has 0 aromatic rings. The maximum absolute atomic E-state index is 12.1. The molecule has 1 amide bonds. The first-order chi connectivity index (χ1) is 8.27. The molecular weight excluding hydrogens is 216 g/mol. The summed E-state index contributed by atoms with van der Waals surface area (Å²) in [7, 11) is 0. The lowest BCUT2D eigenvalue weighted by atomic mass is 10.00. The molecule has 0 bridgehead atoms. The van der Waals surface area contributed by atoms with Crippen molar-refractivity contribution in [1.29, 1.82) is 0 Å². The van der Waals surface area contributed by atoms with Gasteiger partial charge in [-0.05, 0) is 32.7 Å². The monoisotopic (exact) mass is 240 g/mol. The highest BCUT2D eigenvalue weighted by molar-refractivity contribution is 5.76. The van der Waals surface area contributed by atoms with Crippen LogP contribution in [-0.2, 0) is 9.53 Å². The highest BCUT2D eigenvalue weighted by atomic mass is 16.5. The van der Waals surface area contributed by atoms with Gasteiger partial charge in [-0.2, -0.15) is 0 Å². The zero-order valence-corrected chi connectivity index (χ0v) is 10.8. The van der Waals surface area contributed by atoms with Gasteiger partial charge in [0, 0.05) is 19.0 Å². The van der Waals surface area contributed by atoms with E-state index in [4.69, 9.17) is 4.74 Å². The average Bonchev–Trinajstić information content (AvgIpc) is 2.38. The molecule has 0 saturated carbocycles. The Bertz CT molecular complexity index is 252. The molecule has 1 N–H and O–H groups in total. The Balaban J connectivity index is 1.72. The second-order valence-electron chi connectivity index (χ2n) is 5.20. The van der Waals surface area contributed by atoms with Crippen molar-refractivity contribution in [3.05, 3.63) is 0 Å². The molecule has 2 saturated heterocycles. The van der Waals surface area contributed by atoms with E-state index in [-0.39, 0.29) is 6.04 Å². The van der Waals surface area contributed by atoms with Gasteiger partial charge < -0.3 is 15.0 Å². The number of nitrogens with one attached hydrogen (secondary N) is 1. The maximum atomic E-state index is 12.1. The topological polar surface area (TPSA) is 41.6 Å². The Hall–Kier alpha value is -0.610. The molecule has 4 heteroatoms. The van der Waals surface area contributed by atoms with Crippen LogP contribution in [0.1, 0.15) is 39.0 Å². The van der Waals surface area contributed by atoms with E-state index in [1.54, 1.807) is 0 Å². The van der Waals surface area contributed by atoms with Crippen LogP contribution in [-0.4, -0.2) is 49.2 Å². The Morgan fingerprint density at radius 1 is 1.47 bits per heavy atom. The second-order valence-corrected chi connectivity index (χ2v) is 5.20. The molecule has 2 aliphatic heterocycles. The first kappa shape index (κ1) is 12.8. The molecule has 4 nitrogen and oxygen atoms in total. The van der Waals surface area contributed by atoms with Gasteiger partial charge in [-0.1, -0.05) is 6.42 Å². The van der Waals surface area contributed by atoms with Gasteiger partial charge in [0.1, 0.15) is 0 Å². The normalized spacial score (nSPS) is 30.3. The van der Waals surface area contributed by atoms with Gasteiger partial charge in [-0.3, -0.25) is 4.79 Å². The number of rotatable bonds is 3. The summed E-state index contributed by atoms with van der Waals surface area (Å²) in [6.07, 6.45) is 5.49. The molecule has 17 heavy (non-hydrogen) atoms. The third-order valence-electron chi connectivity index (χ3n) is 3.81. The van der Waals surface area contributed by atoms with Crippen molar-refractivity contribution in [2.45, 2.75) is 51.1 Å². The van der Waals surface area contributed by atoms with E-state index < -0.39 is 0 Å². The SMILES string of the molecule is CC1COCCN1C(=O)CCC1CCCCN1. The van der Waals surface area contributed by atoms with Crippen LogP contribution in [0.2, 0.25) is 0 Å². The summed E-state index contributed by atoms with van der Waals surface area (Å²) in [6.45, 7) is 5.33. The fourth-order valence-corrected chi connectivity index (χ4v) is 2.71. The van der Waals surface area contributed by atoms with Crippen LogP contribution in [0.15, 0.2) is 0 Å². The summed E-state index contributed by atoms with van der Waals surface area (Å²) in [5.74, 6) is 0.299. The average molecular weight is 240 g/mol. The summed E-state index contributed by atoms with van der Waals surface area (Å²) in [5.41, 5.74) is 0. The van der Waals surface area contributed by atoms with Gasteiger partial charge in [0.2, 0.25) is 5.91 Å². The third-order valence-corrected chi connectivity index (χ3v) is 3.81. The third kappa shape index (κ3) is 3.68. The lowest BCUT2D eigenvalue weighted by Gasteiger charge is -2.34. The Kier molecular flexibility index (Phi) is 4.80. The summed E-state index contributed by atoms with van der Waals surface area (Å²) >= 11 is 0. The first-order valence-electron chi connectivity index (χ1n) is 6.88. The van der Waals surface area contributed by atoms with Gasteiger partial charge >= 0.3 is 0 Å². The van der Waals surface area contributed by atoms with Crippen molar-refractivity contribution >= 4 is 5.91 Å². The number of ether oxygens (including phenoxy) is 1. The van der Waals surface area contributed by atoms with Crippen molar-refractivity contribution in [3.63, 3.8) is 0 Å². The Morgan fingerprint density at radius 3 is 3.06 bits per heavy atom. The maximum Gasteiger partial charge on any atom is 0.223 e. The number of amides is 1. The van der Waals surface area contributed by atoms with Gasteiger partial charge in [-0.15, -0.1) is 0 Å². The van der Waals surface area contributed by atoms with Gasteiger partial charge in [0.15, 0.2) is 0 Å². The largest absolute Gasteiger partial charge is 0.377 e. The number of nitrogens with zero attached hydrogens (tertiary/aromatic N) is 1. The predicted molar refractivity (Wildman–Crippen MR) is 66.9 cm³/mol. The van der Waals surface area contributed by atoms with E-state index in [1.807, 2.05) is 4.90 Å². The van der Waals surface area contributed by atoms with Crippen LogP contribution in [0.4, 0.5) is 0 Å². The van der Waals surface area contributed by atoms with E-state index in [0.29, 0.717) is 31.6 Å². The number of morpholine rings is 1. The van der Waals surface area contributed by atoms with Gasteiger partial charge in [0.05, 0.1) is 19.3 Å². The molecule has 98 valence electrons. The zero-order chi connectivity index (χ0) is 12.1. The van der Waals surface area contributed by atoms with E-state index in [9.17, 15) is 4.79 Å². The highest BCUT2D eigenvalue weighted by Crippen LogP contribution is 2.14. The summed E-state index contributed by atoms with van der Waals surface area (Å²) in [5, 5.41) is 3.49. The van der Waals surface area contributed by atoms with Crippen molar-refractivity contribution in [2.75, 3.05) is 26.3 Å². The number of hydrogen-bond acceptors (Lipinski definition) is 3. The van der Waals surface area contributed by atoms with E-state index in [2.05, 4.69) is 12.2 Å². The van der Waals surface area contributed by atoms with Crippen LogP contribution >= 0.6 is 0 Å². The second kappa shape index (κ2) is 6.36. The van der Waals surface area contributed by atoms with E-state index >= 15 is 0 Å². The van der Waals surface area contributed by atoms with Crippen LogP contribution in [0.3, 0.4) is 0 Å². The number of hydrogen-bond donors (Lipinski definition) is 1. The molecular formula is C13H24N2O2. The molecule has 2 unspecified atom stereocenters. The lowest BCUT2D eigenvalue weighted by Crippen LogP contribution is -2.47. The summed E-state index contributed by atoms with van der Waals surface area (Å²) in [6, 6.07) is 0.805. The lowest BCUT2D eigenvalue weighted by molar-refractivity contribution is -0.139. The van der Waals surface area contributed by atoms with Crippen LogP contribution in [0, 0.1) is 0 Å². The number of carbonyl (C=O) groups excluding carboxylic acids is 1. The minimum Gasteiger partial charge on any atom is -0.377 e. The van der Waals surface area contributed by atoms with Crippen LogP contribution in [0.5, 0.6) is 0 Å². The molecule has 2 aliphatic rings. The quantitative estimate of drug-likeness (QED) is 0.805. The van der Waals surface area contributed by atoms with E-state index in [0.717, 1.165) is 19.5 Å². The fraction of sp³-hybridized carbons (Fsp3) is 0.923. The zero-order valence-electron chi connectivity index (χ0n) is 10.8. The minimum absolute atomic E-state index is 0.246. The highest BCUT2D eigenvalue weighted by Gasteiger charge is 2.24. The molecule has 2 heterocycles. The molecule has 0 spiro atoms. The molecule has 2 atom stereocenters. The van der Waals surface area contributed by atoms with Gasteiger partial charge in [-0.25, -0.2) is 0 Å². The molecule has 2 fully saturated rings. The van der Waals surface area contributed by atoms with Crippen molar-refractivity contribution in [3.8, 4) is 0 Å². The molecule has 0 aliphatic carbocycles. The summed E-state index contributed by atoms with van der Waals surface area (Å²) < 4.78 is 5.35. The minimum atomic E-state index is 0.246. The van der Waals surface area contributed by atoms with Crippen molar-refractivity contribution in [1.82, 2.24) is 10.2 Å². The molecule has 0 radical (unpaired) electrons. The fourth-order valence-electron chi connectivity index (χ4n) is 2.71. The number of piperidine rings is 1. The molecule has 2 rings (SSSR count). The van der Waals surface area contributed by atoms with E-state index in [1.165, 1.54) is 19.3 Å². The van der Waals surface area contributed by atoms with Crippen LogP contribution < -0.4 is 5.32 Å². The number of carbonyl (C=O) groups is 1. The predicted octanol–water partition coefficient (Wildman–Crippen LogP) is 1.16. The molecule has 0 aromatic carbocycles.